The van der Waals surface area contributed by atoms with E-state index in [1.807, 2.05) is 37.6 Å². The molecule has 1 aliphatic rings. The van der Waals surface area contributed by atoms with Crippen molar-refractivity contribution < 1.29 is 0 Å². The Balaban J connectivity index is 1.37. The summed E-state index contributed by atoms with van der Waals surface area (Å²) in [4.78, 5) is 11.4. The van der Waals surface area contributed by atoms with E-state index in [-0.39, 0.29) is 0 Å². The average Bonchev–Trinajstić information content (AvgIpc) is 3.52. The van der Waals surface area contributed by atoms with Crippen LogP contribution in [0, 0.1) is 0 Å². The summed E-state index contributed by atoms with van der Waals surface area (Å²) in [5, 5.41) is 11.2. The molecule has 7 nitrogen and oxygen atoms in total. The van der Waals surface area contributed by atoms with E-state index in [0.29, 0.717) is 12.6 Å². The van der Waals surface area contributed by atoms with Crippen molar-refractivity contribution in [3.8, 4) is 5.82 Å². The van der Waals surface area contributed by atoms with Crippen LogP contribution in [-0.2, 0) is 6.54 Å². The van der Waals surface area contributed by atoms with Gasteiger partial charge in [-0.3, -0.25) is 9.89 Å². The van der Waals surface area contributed by atoms with E-state index in [9.17, 15) is 0 Å². The molecular formula is C23H29N7. The van der Waals surface area contributed by atoms with Crippen molar-refractivity contribution in [1.82, 2.24) is 30.3 Å². The Labute approximate surface area is 177 Å². The van der Waals surface area contributed by atoms with E-state index >= 15 is 0 Å². The number of guanidine groups is 1. The molecule has 1 saturated heterocycles. The molecule has 4 rings (SSSR count). The summed E-state index contributed by atoms with van der Waals surface area (Å²) >= 11 is 0. The summed E-state index contributed by atoms with van der Waals surface area (Å²) in [7, 11) is 1.81. The molecule has 1 fully saturated rings. The molecule has 1 aliphatic heterocycles. The third-order valence-corrected chi connectivity index (χ3v) is 5.46. The number of nitrogens with zero attached hydrogens (tertiary/aromatic N) is 5. The van der Waals surface area contributed by atoms with Gasteiger partial charge in [0.2, 0.25) is 0 Å². The van der Waals surface area contributed by atoms with Crippen LogP contribution in [0.2, 0.25) is 0 Å². The first-order valence-corrected chi connectivity index (χ1v) is 10.5. The van der Waals surface area contributed by atoms with Crippen LogP contribution in [-0.4, -0.2) is 52.3 Å². The van der Waals surface area contributed by atoms with Crippen molar-refractivity contribution in [2.75, 3.05) is 26.7 Å². The first-order valence-electron chi connectivity index (χ1n) is 10.5. The zero-order valence-corrected chi connectivity index (χ0v) is 17.4. The van der Waals surface area contributed by atoms with E-state index in [2.05, 4.69) is 60.9 Å². The number of benzene rings is 1. The highest BCUT2D eigenvalue weighted by Crippen LogP contribution is 2.24. The Bertz CT molecular complexity index is 931. The summed E-state index contributed by atoms with van der Waals surface area (Å²) < 4.78 is 1.76. The second-order valence-electron chi connectivity index (χ2n) is 7.45. The van der Waals surface area contributed by atoms with Gasteiger partial charge in [0, 0.05) is 38.7 Å². The van der Waals surface area contributed by atoms with Crippen LogP contribution in [0.25, 0.3) is 5.82 Å². The fraction of sp³-hybridized carbons (Fsp3) is 0.348. The second-order valence-corrected chi connectivity index (χ2v) is 7.45. The maximum absolute atomic E-state index is 4.41. The summed E-state index contributed by atoms with van der Waals surface area (Å²) in [6, 6.07) is 17.0. The Morgan fingerprint density at radius 3 is 2.63 bits per heavy atom. The van der Waals surface area contributed by atoms with Crippen LogP contribution in [0.15, 0.2) is 72.1 Å². The lowest BCUT2D eigenvalue weighted by Crippen LogP contribution is -2.42. The van der Waals surface area contributed by atoms with E-state index in [0.717, 1.165) is 37.0 Å². The van der Waals surface area contributed by atoms with Gasteiger partial charge >= 0.3 is 0 Å². The van der Waals surface area contributed by atoms with Crippen LogP contribution in [0.5, 0.6) is 0 Å². The molecule has 0 aliphatic carbocycles. The molecule has 156 valence electrons. The third-order valence-electron chi connectivity index (χ3n) is 5.46. The van der Waals surface area contributed by atoms with Gasteiger partial charge in [-0.15, -0.1) is 0 Å². The van der Waals surface area contributed by atoms with Crippen LogP contribution in [0.3, 0.4) is 0 Å². The molecule has 3 heterocycles. The van der Waals surface area contributed by atoms with Gasteiger partial charge in [0.05, 0.1) is 6.04 Å². The Hall–Kier alpha value is -3.19. The summed E-state index contributed by atoms with van der Waals surface area (Å²) in [5.41, 5.74) is 2.47. The Morgan fingerprint density at radius 2 is 1.90 bits per heavy atom. The topological polar surface area (TPSA) is 70.4 Å². The smallest absolute Gasteiger partial charge is 0.191 e. The van der Waals surface area contributed by atoms with Gasteiger partial charge in [-0.1, -0.05) is 30.3 Å². The molecule has 2 aromatic heterocycles. The molecule has 0 spiro atoms. The molecule has 0 amide bonds. The Morgan fingerprint density at radius 1 is 1.07 bits per heavy atom. The van der Waals surface area contributed by atoms with Crippen molar-refractivity contribution in [2.24, 2.45) is 4.99 Å². The van der Waals surface area contributed by atoms with E-state index < -0.39 is 0 Å². The normalized spacial score (nSPS) is 15.8. The zero-order valence-electron chi connectivity index (χ0n) is 17.4. The van der Waals surface area contributed by atoms with Gasteiger partial charge in [-0.25, -0.2) is 9.67 Å². The summed E-state index contributed by atoms with van der Waals surface area (Å²) in [6.45, 7) is 3.79. The van der Waals surface area contributed by atoms with Gasteiger partial charge in [-0.2, -0.15) is 5.10 Å². The first-order chi connectivity index (χ1) is 14.8. The molecule has 0 saturated carbocycles. The van der Waals surface area contributed by atoms with Crippen molar-refractivity contribution in [3.05, 3.63) is 78.2 Å². The molecule has 7 heteroatoms. The summed E-state index contributed by atoms with van der Waals surface area (Å²) in [6.07, 6.45) is 8.00. The lowest BCUT2D eigenvalue weighted by molar-refractivity contribution is 0.245. The predicted octanol–water partition coefficient (Wildman–Crippen LogP) is 2.77. The maximum atomic E-state index is 4.41. The summed E-state index contributed by atoms with van der Waals surface area (Å²) in [5.74, 6) is 1.60. The lowest BCUT2D eigenvalue weighted by Gasteiger charge is -2.29. The molecule has 0 radical (unpaired) electrons. The highest BCUT2D eigenvalue weighted by molar-refractivity contribution is 5.79. The minimum atomic E-state index is 0.347. The SMILES string of the molecule is CN=C(NCc1ccnc(-n2cccn2)c1)NCC(c1ccccc1)N1CCCC1. The molecule has 2 N–H and O–H groups in total. The third kappa shape index (κ3) is 5.04. The molecule has 0 bridgehead atoms. The van der Waals surface area contributed by atoms with Gasteiger partial charge < -0.3 is 10.6 Å². The highest BCUT2D eigenvalue weighted by atomic mass is 15.3. The van der Waals surface area contributed by atoms with Gasteiger partial charge in [0.15, 0.2) is 11.8 Å². The number of hydrogen-bond donors (Lipinski definition) is 2. The number of likely N-dealkylation sites (tertiary alicyclic amines) is 1. The van der Waals surface area contributed by atoms with Crippen LogP contribution in [0.4, 0.5) is 0 Å². The van der Waals surface area contributed by atoms with Crippen molar-refractivity contribution in [3.63, 3.8) is 0 Å². The number of hydrogen-bond acceptors (Lipinski definition) is 4. The molecule has 3 aromatic rings. The number of pyridine rings is 1. The second kappa shape index (κ2) is 10.0. The lowest BCUT2D eigenvalue weighted by atomic mass is 10.1. The van der Waals surface area contributed by atoms with E-state index in [1.54, 1.807) is 10.9 Å². The zero-order chi connectivity index (χ0) is 20.6. The van der Waals surface area contributed by atoms with Gasteiger partial charge in [0.1, 0.15) is 0 Å². The highest BCUT2D eigenvalue weighted by Gasteiger charge is 2.23. The van der Waals surface area contributed by atoms with Crippen molar-refractivity contribution >= 4 is 5.96 Å². The Kier molecular flexibility index (Phi) is 6.72. The van der Waals surface area contributed by atoms with Crippen molar-refractivity contribution in [2.45, 2.75) is 25.4 Å². The molecular weight excluding hydrogens is 374 g/mol. The van der Waals surface area contributed by atoms with Crippen molar-refractivity contribution in [1.29, 1.82) is 0 Å². The molecule has 1 unspecified atom stereocenters. The van der Waals surface area contributed by atoms with Gasteiger partial charge in [0.25, 0.3) is 0 Å². The van der Waals surface area contributed by atoms with Crippen LogP contribution < -0.4 is 10.6 Å². The maximum Gasteiger partial charge on any atom is 0.191 e. The minimum absolute atomic E-state index is 0.347. The number of rotatable bonds is 7. The van der Waals surface area contributed by atoms with E-state index in [4.69, 9.17) is 0 Å². The first kappa shape index (κ1) is 20.1. The fourth-order valence-electron chi connectivity index (χ4n) is 3.89. The molecule has 1 atom stereocenters. The van der Waals surface area contributed by atoms with Crippen LogP contribution in [0.1, 0.15) is 30.0 Å². The number of aromatic nitrogens is 3. The fourth-order valence-corrected chi connectivity index (χ4v) is 3.89. The standard InChI is InChI=1S/C23H29N7/c1-24-23(26-17-19-10-12-25-22(16-19)30-15-7-11-28-30)27-18-21(29-13-5-6-14-29)20-8-3-2-4-9-20/h2-4,7-12,15-16,21H,5-6,13-14,17-18H2,1H3,(H2,24,26,27). The number of aliphatic imine (C=N–C) groups is 1. The minimum Gasteiger partial charge on any atom is -0.354 e. The number of nitrogens with one attached hydrogen (secondary N) is 2. The largest absolute Gasteiger partial charge is 0.354 e. The molecule has 30 heavy (non-hydrogen) atoms. The van der Waals surface area contributed by atoms with E-state index in [1.165, 1.54) is 18.4 Å². The van der Waals surface area contributed by atoms with Gasteiger partial charge in [-0.05, 0) is 55.3 Å². The quantitative estimate of drug-likeness (QED) is 0.469. The monoisotopic (exact) mass is 403 g/mol. The average molecular weight is 404 g/mol. The predicted molar refractivity (Wildman–Crippen MR) is 120 cm³/mol. The molecule has 1 aromatic carbocycles. The van der Waals surface area contributed by atoms with Crippen LogP contribution >= 0.6 is 0 Å².